The molecule has 3 saturated carbocycles. The van der Waals surface area contributed by atoms with E-state index in [2.05, 4.69) is 30.8 Å². The van der Waals surface area contributed by atoms with Crippen molar-refractivity contribution < 1.29 is 34.5 Å². The molecule has 0 aromatic heterocycles. The van der Waals surface area contributed by atoms with E-state index < -0.39 is 11.9 Å². The van der Waals surface area contributed by atoms with Gasteiger partial charge in [-0.1, -0.05) is 25.9 Å². The van der Waals surface area contributed by atoms with Crippen LogP contribution in [0, 0.1) is 34.5 Å². The molecule has 3 aliphatic carbocycles. The fourth-order valence-electron chi connectivity index (χ4n) is 6.50. The lowest BCUT2D eigenvalue weighted by Gasteiger charge is -2.58. The molecule has 0 bridgehead atoms. The predicted molar refractivity (Wildman–Crippen MR) is 132 cm³/mol. The molecule has 0 aromatic rings. The SMILES string of the molecule is C[C@@H](C/C=N\OCCN(C)C)[C@@]1(C)CC[C@H]2[C@@H](CC[C@@H]3C[C@@H](O)CC[C@@]32C)C1=O.O=C(O)C(=O)O. The molecule has 0 spiro atoms. The topological polar surface area (TPSA) is 137 Å². The summed E-state index contributed by atoms with van der Waals surface area (Å²) in [5.74, 6) is -1.58. The number of carbonyl (C=O) groups excluding carboxylic acids is 1. The monoisotopic (exact) mass is 496 g/mol. The molecule has 3 rings (SSSR count). The third-order valence-corrected chi connectivity index (χ3v) is 9.05. The fraction of sp³-hybridized carbons (Fsp3) is 0.846. The maximum atomic E-state index is 13.7. The molecule has 7 atom stereocenters. The maximum Gasteiger partial charge on any atom is 0.414 e. The van der Waals surface area contributed by atoms with Gasteiger partial charge in [0.1, 0.15) is 12.4 Å². The number of likely N-dealkylation sites (N-methyl/N-ethyl adjacent to an activating group) is 1. The fourth-order valence-corrected chi connectivity index (χ4v) is 6.50. The minimum absolute atomic E-state index is 0.131. The zero-order chi connectivity index (χ0) is 26.4. The first kappa shape index (κ1) is 29.2. The van der Waals surface area contributed by atoms with E-state index in [9.17, 15) is 9.90 Å². The second kappa shape index (κ2) is 12.3. The van der Waals surface area contributed by atoms with Crippen LogP contribution in [-0.4, -0.2) is 77.5 Å². The summed E-state index contributed by atoms with van der Waals surface area (Å²) < 4.78 is 0. The number of ketones is 1. The summed E-state index contributed by atoms with van der Waals surface area (Å²) in [6.45, 7) is 8.25. The Hall–Kier alpha value is -2.00. The molecule has 0 unspecified atom stereocenters. The average molecular weight is 497 g/mol. The third-order valence-electron chi connectivity index (χ3n) is 9.05. The number of carbonyl (C=O) groups is 3. The zero-order valence-electron chi connectivity index (χ0n) is 21.9. The first-order valence-electron chi connectivity index (χ1n) is 12.8. The molecule has 35 heavy (non-hydrogen) atoms. The molecule has 3 N–H and O–H groups in total. The molecule has 9 heteroatoms. The van der Waals surface area contributed by atoms with Crippen molar-refractivity contribution in [2.75, 3.05) is 27.2 Å². The Morgan fingerprint density at radius 2 is 1.80 bits per heavy atom. The zero-order valence-corrected chi connectivity index (χ0v) is 21.9. The van der Waals surface area contributed by atoms with Crippen molar-refractivity contribution >= 4 is 23.9 Å². The number of carboxylic acid groups (broad SMARTS) is 2. The molecule has 0 amide bonds. The van der Waals surface area contributed by atoms with Gasteiger partial charge in [-0.25, -0.2) is 9.59 Å². The van der Waals surface area contributed by atoms with Crippen molar-refractivity contribution in [2.24, 2.45) is 39.7 Å². The number of hydrogen-bond acceptors (Lipinski definition) is 7. The molecule has 0 aliphatic heterocycles. The summed E-state index contributed by atoms with van der Waals surface area (Å²) in [4.78, 5) is 39.3. The van der Waals surface area contributed by atoms with Crippen molar-refractivity contribution in [1.82, 2.24) is 4.90 Å². The van der Waals surface area contributed by atoms with Crippen LogP contribution in [0.1, 0.15) is 72.1 Å². The summed E-state index contributed by atoms with van der Waals surface area (Å²) in [6.07, 6.45) is 9.68. The molecular weight excluding hydrogens is 452 g/mol. The summed E-state index contributed by atoms with van der Waals surface area (Å²) in [7, 11) is 4.03. The van der Waals surface area contributed by atoms with Crippen LogP contribution in [0.4, 0.5) is 0 Å². The number of carboxylic acids is 2. The highest BCUT2D eigenvalue weighted by Gasteiger charge is 2.57. The van der Waals surface area contributed by atoms with Crippen LogP contribution >= 0.6 is 0 Å². The molecule has 0 heterocycles. The first-order valence-corrected chi connectivity index (χ1v) is 12.8. The number of hydrogen-bond donors (Lipinski definition) is 3. The van der Waals surface area contributed by atoms with E-state index in [1.165, 1.54) is 0 Å². The molecule has 9 nitrogen and oxygen atoms in total. The third kappa shape index (κ3) is 7.03. The van der Waals surface area contributed by atoms with Crippen LogP contribution in [0.3, 0.4) is 0 Å². The summed E-state index contributed by atoms with van der Waals surface area (Å²) in [5.41, 5.74) is -0.0156. The molecule has 0 aromatic carbocycles. The lowest BCUT2D eigenvalue weighted by molar-refractivity contribution is -0.159. The van der Waals surface area contributed by atoms with Gasteiger partial charge in [0.25, 0.3) is 0 Å². The number of aliphatic hydroxyl groups excluding tert-OH is 1. The lowest BCUT2D eigenvalue weighted by atomic mass is 9.46. The minimum atomic E-state index is -1.82. The highest BCUT2D eigenvalue weighted by molar-refractivity contribution is 6.27. The Kier molecular flexibility index (Phi) is 10.3. The van der Waals surface area contributed by atoms with Crippen molar-refractivity contribution in [3.8, 4) is 0 Å². The maximum absolute atomic E-state index is 13.7. The van der Waals surface area contributed by atoms with E-state index in [0.29, 0.717) is 24.2 Å². The molecule has 3 aliphatic rings. The van der Waals surface area contributed by atoms with Crippen molar-refractivity contribution in [2.45, 2.75) is 78.2 Å². The van der Waals surface area contributed by atoms with Gasteiger partial charge in [-0.3, -0.25) is 4.79 Å². The van der Waals surface area contributed by atoms with Crippen LogP contribution in [0.5, 0.6) is 0 Å². The van der Waals surface area contributed by atoms with Gasteiger partial charge >= 0.3 is 11.9 Å². The van der Waals surface area contributed by atoms with Crippen LogP contribution in [0.25, 0.3) is 0 Å². The highest BCUT2D eigenvalue weighted by Crippen LogP contribution is 2.61. The highest BCUT2D eigenvalue weighted by atomic mass is 16.6. The Morgan fingerprint density at radius 3 is 2.40 bits per heavy atom. The number of aliphatic carboxylic acids is 2. The molecule has 0 radical (unpaired) electrons. The molecule has 200 valence electrons. The second-order valence-corrected chi connectivity index (χ2v) is 11.4. The van der Waals surface area contributed by atoms with E-state index in [0.717, 1.165) is 57.9 Å². The summed E-state index contributed by atoms with van der Waals surface area (Å²) in [6, 6.07) is 0. The van der Waals surface area contributed by atoms with E-state index >= 15 is 0 Å². The average Bonchev–Trinajstić information content (AvgIpc) is 2.79. The van der Waals surface area contributed by atoms with Crippen LogP contribution in [0.2, 0.25) is 0 Å². The number of Topliss-reactive ketones (excluding diaryl/α,β-unsaturated/α-hetero) is 1. The van der Waals surface area contributed by atoms with Gasteiger partial charge in [-0.05, 0) is 88.6 Å². The van der Waals surface area contributed by atoms with E-state index in [1.54, 1.807) is 0 Å². The standard InChI is InChI=1S/C24H42N2O3.C2H2O4/c1-17(10-13-25-29-15-14-26(4)5)23(2)12-9-21-20(22(23)28)7-6-18-16-19(27)8-11-24(18,21)3;3-1(4)2(5)6/h13,17-21,27H,6-12,14-16H2,1-5H3;(H,3,4)(H,5,6)/b25-13-;/t17-,18+,19-,20+,21-,23+,24-;/m0./s1. The van der Waals surface area contributed by atoms with Gasteiger partial charge in [0.05, 0.1) is 6.10 Å². The number of aliphatic hydroxyl groups is 1. The van der Waals surface area contributed by atoms with Crippen molar-refractivity contribution in [3.63, 3.8) is 0 Å². The Labute approximate surface area is 208 Å². The second-order valence-electron chi connectivity index (χ2n) is 11.4. The van der Waals surface area contributed by atoms with E-state index in [1.807, 2.05) is 20.3 Å². The largest absolute Gasteiger partial charge is 0.473 e. The lowest BCUT2D eigenvalue weighted by Crippen LogP contribution is -2.55. The molecule has 3 fully saturated rings. The van der Waals surface area contributed by atoms with Crippen LogP contribution in [-0.2, 0) is 19.2 Å². The predicted octanol–water partition coefficient (Wildman–Crippen LogP) is 3.29. The van der Waals surface area contributed by atoms with Crippen LogP contribution in [0.15, 0.2) is 5.16 Å². The Morgan fingerprint density at radius 1 is 1.14 bits per heavy atom. The van der Waals surface area contributed by atoms with E-state index in [-0.39, 0.29) is 28.8 Å². The number of oxime groups is 1. The summed E-state index contributed by atoms with van der Waals surface area (Å²) in [5, 5.41) is 29.0. The van der Waals surface area contributed by atoms with Gasteiger partial charge in [-0.2, -0.15) is 0 Å². The van der Waals surface area contributed by atoms with Crippen LogP contribution < -0.4 is 0 Å². The van der Waals surface area contributed by atoms with Gasteiger partial charge in [0.2, 0.25) is 0 Å². The molecular formula is C26H44N2O7. The minimum Gasteiger partial charge on any atom is -0.473 e. The number of rotatable bonds is 7. The van der Waals surface area contributed by atoms with Gasteiger partial charge < -0.3 is 25.1 Å². The van der Waals surface area contributed by atoms with Crippen molar-refractivity contribution in [3.05, 3.63) is 0 Å². The summed E-state index contributed by atoms with van der Waals surface area (Å²) >= 11 is 0. The van der Waals surface area contributed by atoms with Gasteiger partial charge in [-0.15, -0.1) is 0 Å². The Bertz CT molecular complexity index is 774. The number of fused-ring (bicyclic) bond motifs is 3. The normalized spacial score (nSPS) is 35.5. The Balaban J connectivity index is 0.000000641. The first-order chi connectivity index (χ1) is 16.3. The van der Waals surface area contributed by atoms with Gasteiger partial charge in [0.15, 0.2) is 0 Å². The number of nitrogens with zero attached hydrogens (tertiary/aromatic N) is 2. The van der Waals surface area contributed by atoms with E-state index in [4.69, 9.17) is 24.6 Å². The molecule has 0 saturated heterocycles. The quantitative estimate of drug-likeness (QED) is 0.211. The smallest absolute Gasteiger partial charge is 0.414 e. The van der Waals surface area contributed by atoms with Crippen molar-refractivity contribution in [1.29, 1.82) is 0 Å². The van der Waals surface area contributed by atoms with Gasteiger partial charge in [0, 0.05) is 24.1 Å².